The lowest BCUT2D eigenvalue weighted by atomic mass is 9.78. The Morgan fingerprint density at radius 2 is 1.53 bits per heavy atom. The van der Waals surface area contributed by atoms with E-state index in [2.05, 4.69) is 13.2 Å². The first-order chi connectivity index (χ1) is 9.08. The third-order valence-corrected chi connectivity index (χ3v) is 2.43. The molecule has 0 spiro atoms. The molecule has 0 atom stereocenters. The predicted octanol–water partition coefficient (Wildman–Crippen LogP) is 3.30. The summed E-state index contributed by atoms with van der Waals surface area (Å²) in [6, 6.07) is 0. The normalized spacial score (nSPS) is 14.2. The fourth-order valence-electron chi connectivity index (χ4n) is 1.28. The maximum atomic E-state index is 9.13. The van der Waals surface area contributed by atoms with Crippen molar-refractivity contribution in [2.75, 3.05) is 0 Å². The molecule has 3 heteroatoms. The van der Waals surface area contributed by atoms with Crippen LogP contribution in [0.1, 0.15) is 13.8 Å². The molecule has 0 aromatic heterocycles. The molecule has 0 aliphatic rings. The minimum Gasteiger partial charge on any atom is -0.423 e. The highest BCUT2D eigenvalue weighted by molar-refractivity contribution is 6.51. The lowest BCUT2D eigenvalue weighted by molar-refractivity contribution is 0.420. The molecule has 0 aliphatic heterocycles. The van der Waals surface area contributed by atoms with Crippen LogP contribution in [0.5, 0.6) is 0 Å². The van der Waals surface area contributed by atoms with Crippen molar-refractivity contribution < 1.29 is 10.0 Å². The van der Waals surface area contributed by atoms with E-state index in [1.165, 1.54) is 6.08 Å². The molecule has 0 saturated heterocycles. The molecule has 0 aliphatic carbocycles. The van der Waals surface area contributed by atoms with Crippen LogP contribution in [0.2, 0.25) is 0 Å². The Hall–Kier alpha value is -1.84. The van der Waals surface area contributed by atoms with Crippen molar-refractivity contribution in [3.05, 3.63) is 84.5 Å². The fourth-order valence-corrected chi connectivity index (χ4v) is 1.28. The average Bonchev–Trinajstić information content (AvgIpc) is 2.41. The molecular weight excluding hydrogens is 235 g/mol. The van der Waals surface area contributed by atoms with Crippen LogP contribution >= 0.6 is 0 Å². The third kappa shape index (κ3) is 7.24. The summed E-state index contributed by atoms with van der Waals surface area (Å²) in [5, 5.41) is 18.3. The number of allylic oxidation sites excluding steroid dienone is 12. The highest BCUT2D eigenvalue weighted by atomic mass is 16.4. The molecule has 2 N–H and O–H groups in total. The van der Waals surface area contributed by atoms with E-state index in [1.807, 2.05) is 50.3 Å². The smallest absolute Gasteiger partial charge is 0.423 e. The van der Waals surface area contributed by atoms with Crippen molar-refractivity contribution >= 4 is 7.12 Å². The molecular formula is C16H21BO2. The van der Waals surface area contributed by atoms with Gasteiger partial charge in [0.25, 0.3) is 0 Å². The monoisotopic (exact) mass is 256 g/mol. The Balaban J connectivity index is 5.07. The zero-order valence-electron chi connectivity index (χ0n) is 11.6. The Bertz CT molecular complexity index is 449. The van der Waals surface area contributed by atoms with Gasteiger partial charge in [-0.25, -0.2) is 0 Å². The van der Waals surface area contributed by atoms with Crippen LogP contribution in [0.25, 0.3) is 0 Å². The maximum Gasteiger partial charge on any atom is 0.488 e. The molecule has 0 heterocycles. The molecule has 0 rings (SSSR count). The summed E-state index contributed by atoms with van der Waals surface area (Å²) in [7, 11) is -1.51. The number of rotatable bonds is 7. The Kier molecular flexibility index (Phi) is 9.14. The molecule has 0 aromatic carbocycles. The zero-order valence-corrected chi connectivity index (χ0v) is 11.6. The van der Waals surface area contributed by atoms with E-state index < -0.39 is 7.12 Å². The summed E-state index contributed by atoms with van der Waals surface area (Å²) >= 11 is 0. The lowest BCUT2D eigenvalue weighted by Crippen LogP contribution is -2.13. The summed E-state index contributed by atoms with van der Waals surface area (Å²) in [6.45, 7) is 11.0. The van der Waals surface area contributed by atoms with Crippen molar-refractivity contribution in [1.82, 2.24) is 0 Å². The molecule has 0 fully saturated rings. The fraction of sp³-hybridized carbons (Fsp3) is 0.125. The molecule has 0 radical (unpaired) electrons. The molecule has 0 amide bonds. The summed E-state index contributed by atoms with van der Waals surface area (Å²) in [6.07, 6.45) is 16.3. The van der Waals surface area contributed by atoms with Gasteiger partial charge in [-0.1, -0.05) is 67.8 Å². The number of hydrogen-bond donors (Lipinski definition) is 2. The van der Waals surface area contributed by atoms with E-state index in [0.29, 0.717) is 5.47 Å². The largest absolute Gasteiger partial charge is 0.488 e. The lowest BCUT2D eigenvalue weighted by Gasteiger charge is -2.01. The number of hydrogen-bond acceptors (Lipinski definition) is 2. The van der Waals surface area contributed by atoms with Crippen molar-refractivity contribution in [2.24, 2.45) is 0 Å². The SMILES string of the molecule is C=C\C=C/C(/C=C\C(=C\C)\C=C(/C=C)B(O)O)=C\C. The zero-order chi connectivity index (χ0) is 14.7. The first-order valence-electron chi connectivity index (χ1n) is 6.09. The van der Waals surface area contributed by atoms with Crippen molar-refractivity contribution in [1.29, 1.82) is 0 Å². The molecule has 0 aromatic rings. The van der Waals surface area contributed by atoms with Gasteiger partial charge in [-0.05, 0) is 30.5 Å². The average molecular weight is 256 g/mol. The van der Waals surface area contributed by atoms with Crippen molar-refractivity contribution in [3.8, 4) is 0 Å². The van der Waals surface area contributed by atoms with Crippen LogP contribution in [0.3, 0.4) is 0 Å². The summed E-state index contributed by atoms with van der Waals surface area (Å²) in [4.78, 5) is 0. The summed E-state index contributed by atoms with van der Waals surface area (Å²) in [5.41, 5.74) is 2.27. The van der Waals surface area contributed by atoms with Crippen LogP contribution in [0.15, 0.2) is 84.5 Å². The molecule has 100 valence electrons. The highest BCUT2D eigenvalue weighted by Gasteiger charge is 2.10. The van der Waals surface area contributed by atoms with E-state index in [-0.39, 0.29) is 0 Å². The minimum atomic E-state index is -1.51. The van der Waals surface area contributed by atoms with E-state index in [4.69, 9.17) is 10.0 Å². The Labute approximate surface area is 116 Å². The van der Waals surface area contributed by atoms with Gasteiger partial charge in [-0.15, -0.1) is 0 Å². The van der Waals surface area contributed by atoms with Gasteiger partial charge in [0.1, 0.15) is 0 Å². The first kappa shape index (κ1) is 17.2. The molecule has 0 saturated carbocycles. The second kappa shape index (κ2) is 10.1. The van der Waals surface area contributed by atoms with E-state index >= 15 is 0 Å². The van der Waals surface area contributed by atoms with Gasteiger partial charge in [0.05, 0.1) is 0 Å². The van der Waals surface area contributed by atoms with Gasteiger partial charge in [-0.2, -0.15) is 0 Å². The second-order valence-electron chi connectivity index (χ2n) is 3.73. The first-order valence-corrected chi connectivity index (χ1v) is 6.09. The standard InChI is InChI=1S/C16H21BO2/c1-5-9-10-14(6-2)11-12-15(7-3)13-16(8-4)17(18)19/h5-13,18-19H,1,4H2,2-3H3/b10-9-,12-11-,14-6+,15-7-,16-13+. The van der Waals surface area contributed by atoms with Gasteiger partial charge in [-0.3, -0.25) is 0 Å². The van der Waals surface area contributed by atoms with Gasteiger partial charge >= 0.3 is 7.12 Å². The van der Waals surface area contributed by atoms with Crippen LogP contribution in [0.4, 0.5) is 0 Å². The van der Waals surface area contributed by atoms with Gasteiger partial charge in [0, 0.05) is 0 Å². The summed E-state index contributed by atoms with van der Waals surface area (Å²) < 4.78 is 0. The predicted molar refractivity (Wildman–Crippen MR) is 84.5 cm³/mol. The highest BCUT2D eigenvalue weighted by Crippen LogP contribution is 2.09. The second-order valence-corrected chi connectivity index (χ2v) is 3.73. The van der Waals surface area contributed by atoms with Crippen LogP contribution < -0.4 is 0 Å². The molecule has 0 unspecified atom stereocenters. The van der Waals surface area contributed by atoms with Crippen LogP contribution in [-0.2, 0) is 0 Å². The van der Waals surface area contributed by atoms with Gasteiger partial charge < -0.3 is 10.0 Å². The Morgan fingerprint density at radius 1 is 0.947 bits per heavy atom. The van der Waals surface area contributed by atoms with E-state index in [9.17, 15) is 0 Å². The maximum absolute atomic E-state index is 9.13. The van der Waals surface area contributed by atoms with Crippen LogP contribution in [-0.4, -0.2) is 17.2 Å². The van der Waals surface area contributed by atoms with Crippen molar-refractivity contribution in [3.63, 3.8) is 0 Å². The molecule has 0 bridgehead atoms. The third-order valence-electron chi connectivity index (χ3n) is 2.43. The topological polar surface area (TPSA) is 40.5 Å². The summed E-state index contributed by atoms with van der Waals surface area (Å²) in [5.74, 6) is 0. The molecule has 19 heavy (non-hydrogen) atoms. The quantitative estimate of drug-likeness (QED) is 0.542. The molecule has 2 nitrogen and oxygen atoms in total. The van der Waals surface area contributed by atoms with Gasteiger partial charge in [0.2, 0.25) is 0 Å². The Morgan fingerprint density at radius 3 is 1.95 bits per heavy atom. The van der Waals surface area contributed by atoms with E-state index in [1.54, 1.807) is 12.2 Å². The van der Waals surface area contributed by atoms with E-state index in [0.717, 1.165) is 11.1 Å². The van der Waals surface area contributed by atoms with Gasteiger partial charge in [0.15, 0.2) is 0 Å². The minimum absolute atomic E-state index is 0.362. The van der Waals surface area contributed by atoms with Crippen LogP contribution in [0, 0.1) is 0 Å². The van der Waals surface area contributed by atoms with Crippen molar-refractivity contribution in [2.45, 2.75) is 13.8 Å².